The third kappa shape index (κ3) is 6.00. The molecule has 0 aromatic rings. The van der Waals surface area contributed by atoms with Crippen LogP contribution in [0.15, 0.2) is 0 Å². The van der Waals surface area contributed by atoms with Crippen molar-refractivity contribution < 1.29 is 19.4 Å². The summed E-state index contributed by atoms with van der Waals surface area (Å²) in [6.45, 7) is 4.42. The summed E-state index contributed by atoms with van der Waals surface area (Å²) in [5.41, 5.74) is 0. The van der Waals surface area contributed by atoms with Gasteiger partial charge in [-0.3, -0.25) is 4.79 Å². The summed E-state index contributed by atoms with van der Waals surface area (Å²) in [6.07, 6.45) is 4.08. The first-order chi connectivity index (χ1) is 8.24. The van der Waals surface area contributed by atoms with Gasteiger partial charge in [0.1, 0.15) is 6.04 Å². The fourth-order valence-corrected chi connectivity index (χ4v) is 1.91. The van der Waals surface area contributed by atoms with E-state index in [9.17, 15) is 4.79 Å². The molecule has 0 aliphatic carbocycles. The van der Waals surface area contributed by atoms with Gasteiger partial charge in [-0.05, 0) is 32.2 Å². The lowest BCUT2D eigenvalue weighted by molar-refractivity contribution is -0.140. The number of aliphatic carboxylic acids is 1. The predicted molar refractivity (Wildman–Crippen MR) is 64.1 cm³/mol. The summed E-state index contributed by atoms with van der Waals surface area (Å²) in [4.78, 5) is 10.8. The van der Waals surface area contributed by atoms with Gasteiger partial charge in [-0.25, -0.2) is 0 Å². The second kappa shape index (κ2) is 8.44. The molecule has 1 heterocycles. The highest BCUT2D eigenvalue weighted by atomic mass is 16.5. The highest BCUT2D eigenvalue weighted by molar-refractivity contribution is 5.73. The van der Waals surface area contributed by atoms with Crippen LogP contribution in [-0.4, -0.2) is 49.6 Å². The number of carboxylic acid groups (broad SMARTS) is 1. The molecule has 5 nitrogen and oxygen atoms in total. The molecule has 0 aromatic heterocycles. The molecule has 2 unspecified atom stereocenters. The van der Waals surface area contributed by atoms with Crippen molar-refractivity contribution in [2.45, 2.75) is 44.8 Å². The van der Waals surface area contributed by atoms with E-state index in [2.05, 4.69) is 5.32 Å². The number of nitrogens with one attached hydrogen (secondary N) is 1. The second-order valence-corrected chi connectivity index (χ2v) is 4.30. The van der Waals surface area contributed by atoms with E-state index in [0.717, 1.165) is 19.4 Å². The SMILES string of the molecule is CCNC(CCOCC1CCCCO1)C(=O)O. The molecular formula is C12H23NO4. The molecular weight excluding hydrogens is 222 g/mol. The van der Waals surface area contributed by atoms with Crippen molar-refractivity contribution in [1.82, 2.24) is 5.32 Å². The van der Waals surface area contributed by atoms with Crippen molar-refractivity contribution in [2.75, 3.05) is 26.4 Å². The first-order valence-electron chi connectivity index (χ1n) is 6.39. The van der Waals surface area contributed by atoms with Crippen LogP contribution in [0.4, 0.5) is 0 Å². The number of hydrogen-bond acceptors (Lipinski definition) is 4. The zero-order valence-electron chi connectivity index (χ0n) is 10.5. The fraction of sp³-hybridized carbons (Fsp3) is 0.917. The molecule has 0 bridgehead atoms. The molecule has 0 radical (unpaired) electrons. The van der Waals surface area contributed by atoms with Crippen LogP contribution in [0.2, 0.25) is 0 Å². The number of hydrogen-bond donors (Lipinski definition) is 2. The van der Waals surface area contributed by atoms with E-state index in [1.165, 1.54) is 6.42 Å². The summed E-state index contributed by atoms with van der Waals surface area (Å²) in [6, 6.07) is -0.507. The van der Waals surface area contributed by atoms with Gasteiger partial charge in [0, 0.05) is 13.2 Å². The molecule has 0 saturated carbocycles. The molecule has 1 saturated heterocycles. The van der Waals surface area contributed by atoms with Crippen molar-refractivity contribution in [3.63, 3.8) is 0 Å². The Balaban J connectivity index is 2.06. The molecule has 2 atom stereocenters. The lowest BCUT2D eigenvalue weighted by Crippen LogP contribution is -2.37. The van der Waals surface area contributed by atoms with E-state index in [4.69, 9.17) is 14.6 Å². The fourth-order valence-electron chi connectivity index (χ4n) is 1.91. The Morgan fingerprint density at radius 1 is 1.59 bits per heavy atom. The first kappa shape index (κ1) is 14.4. The van der Waals surface area contributed by atoms with Gasteiger partial charge in [0.25, 0.3) is 0 Å². The van der Waals surface area contributed by atoms with Gasteiger partial charge in [0.2, 0.25) is 0 Å². The maximum atomic E-state index is 10.8. The van der Waals surface area contributed by atoms with Gasteiger partial charge in [0.05, 0.1) is 12.7 Å². The van der Waals surface area contributed by atoms with Crippen molar-refractivity contribution in [1.29, 1.82) is 0 Å². The second-order valence-electron chi connectivity index (χ2n) is 4.30. The van der Waals surface area contributed by atoms with Crippen LogP contribution in [0.1, 0.15) is 32.6 Å². The van der Waals surface area contributed by atoms with Gasteiger partial charge in [-0.15, -0.1) is 0 Å². The van der Waals surface area contributed by atoms with E-state index in [1.807, 2.05) is 6.92 Å². The number of likely N-dealkylation sites (N-methyl/N-ethyl adjacent to an activating group) is 1. The normalized spacial score (nSPS) is 22.3. The molecule has 0 aromatic carbocycles. The van der Waals surface area contributed by atoms with E-state index in [0.29, 0.717) is 26.2 Å². The third-order valence-electron chi connectivity index (χ3n) is 2.88. The van der Waals surface area contributed by atoms with E-state index < -0.39 is 12.0 Å². The molecule has 2 N–H and O–H groups in total. The van der Waals surface area contributed by atoms with Gasteiger partial charge >= 0.3 is 5.97 Å². The summed E-state index contributed by atoms with van der Waals surface area (Å²) in [7, 11) is 0. The standard InChI is InChI=1S/C12H23NO4/c1-2-13-11(12(14)15)6-8-16-9-10-5-3-4-7-17-10/h10-11,13H,2-9H2,1H3,(H,14,15). The van der Waals surface area contributed by atoms with Crippen molar-refractivity contribution in [3.05, 3.63) is 0 Å². The Morgan fingerprint density at radius 3 is 3.00 bits per heavy atom. The highest BCUT2D eigenvalue weighted by Gasteiger charge is 2.17. The molecule has 1 fully saturated rings. The first-order valence-corrected chi connectivity index (χ1v) is 6.39. The van der Waals surface area contributed by atoms with Crippen LogP contribution in [0.5, 0.6) is 0 Å². The van der Waals surface area contributed by atoms with Crippen LogP contribution >= 0.6 is 0 Å². The number of rotatable bonds is 8. The Kier molecular flexibility index (Phi) is 7.16. The molecule has 17 heavy (non-hydrogen) atoms. The van der Waals surface area contributed by atoms with Gasteiger partial charge < -0.3 is 19.9 Å². The smallest absolute Gasteiger partial charge is 0.320 e. The number of carbonyl (C=O) groups is 1. The third-order valence-corrected chi connectivity index (χ3v) is 2.88. The van der Waals surface area contributed by atoms with Crippen LogP contribution in [0.3, 0.4) is 0 Å². The summed E-state index contributed by atoms with van der Waals surface area (Å²) >= 11 is 0. The van der Waals surface area contributed by atoms with E-state index in [1.54, 1.807) is 0 Å². The molecule has 100 valence electrons. The van der Waals surface area contributed by atoms with E-state index in [-0.39, 0.29) is 6.10 Å². The Morgan fingerprint density at radius 2 is 2.41 bits per heavy atom. The van der Waals surface area contributed by atoms with Crippen molar-refractivity contribution in [3.8, 4) is 0 Å². The molecule has 1 aliphatic rings. The summed E-state index contributed by atoms with van der Waals surface area (Å²) < 4.78 is 11.0. The lowest BCUT2D eigenvalue weighted by Gasteiger charge is -2.22. The minimum absolute atomic E-state index is 0.200. The average Bonchev–Trinajstić information content (AvgIpc) is 2.34. The van der Waals surface area contributed by atoms with Crippen LogP contribution < -0.4 is 5.32 Å². The monoisotopic (exact) mass is 245 g/mol. The van der Waals surface area contributed by atoms with Gasteiger partial charge in [-0.2, -0.15) is 0 Å². The van der Waals surface area contributed by atoms with Crippen molar-refractivity contribution >= 4 is 5.97 Å². The Labute approximate surface area is 102 Å². The largest absolute Gasteiger partial charge is 0.480 e. The number of ether oxygens (including phenoxy) is 2. The Bertz CT molecular complexity index is 217. The summed E-state index contributed by atoms with van der Waals surface area (Å²) in [5.74, 6) is -0.815. The van der Waals surface area contributed by atoms with Crippen LogP contribution in [0.25, 0.3) is 0 Å². The zero-order chi connectivity index (χ0) is 12.5. The van der Waals surface area contributed by atoms with Gasteiger partial charge in [0.15, 0.2) is 0 Å². The average molecular weight is 245 g/mol. The molecule has 0 spiro atoms. The van der Waals surface area contributed by atoms with Crippen LogP contribution in [0, 0.1) is 0 Å². The minimum atomic E-state index is -0.815. The Hall–Kier alpha value is -0.650. The lowest BCUT2D eigenvalue weighted by atomic mass is 10.1. The van der Waals surface area contributed by atoms with Crippen molar-refractivity contribution in [2.24, 2.45) is 0 Å². The topological polar surface area (TPSA) is 67.8 Å². The predicted octanol–water partition coefficient (Wildman–Crippen LogP) is 1.02. The summed E-state index contributed by atoms with van der Waals surface area (Å²) in [5, 5.41) is 11.8. The molecule has 1 aliphatic heterocycles. The van der Waals surface area contributed by atoms with Crippen LogP contribution in [-0.2, 0) is 14.3 Å². The van der Waals surface area contributed by atoms with E-state index >= 15 is 0 Å². The molecule has 0 amide bonds. The zero-order valence-corrected chi connectivity index (χ0v) is 10.5. The minimum Gasteiger partial charge on any atom is -0.480 e. The van der Waals surface area contributed by atoms with Gasteiger partial charge in [-0.1, -0.05) is 6.92 Å². The quantitative estimate of drug-likeness (QED) is 0.625. The number of carboxylic acids is 1. The molecule has 1 rings (SSSR count). The maximum absolute atomic E-state index is 10.8. The maximum Gasteiger partial charge on any atom is 0.320 e. The highest BCUT2D eigenvalue weighted by Crippen LogP contribution is 2.12. The molecule has 5 heteroatoms.